The monoisotopic (exact) mass is 176 g/mol. The Morgan fingerprint density at radius 2 is 2.15 bits per heavy atom. The van der Waals surface area contributed by atoms with Gasteiger partial charge in [-0.25, -0.2) is 4.98 Å². The Morgan fingerprint density at radius 1 is 1.31 bits per heavy atom. The average Bonchev–Trinajstić information content (AvgIpc) is 2.99. The molecule has 1 nitrogen and oxygen atoms in total. The molecule has 0 aromatic carbocycles. The number of pyridine rings is 1. The normalized spacial score (nSPS) is 27.6. The van der Waals surface area contributed by atoms with Crippen molar-refractivity contribution < 1.29 is 4.39 Å². The van der Waals surface area contributed by atoms with E-state index in [0.717, 1.165) is 5.92 Å². The Kier molecular flexibility index (Phi) is 1.46. The lowest BCUT2D eigenvalue weighted by Gasteiger charge is -1.97. The van der Waals surface area contributed by atoms with Gasteiger partial charge in [-0.2, -0.15) is 4.39 Å². The number of hydrogen-bond acceptors (Lipinski definition) is 1. The first-order valence-corrected chi connectivity index (χ1v) is 4.81. The van der Waals surface area contributed by atoms with Gasteiger partial charge in [-0.1, -0.05) is 6.07 Å². The van der Waals surface area contributed by atoms with Crippen molar-refractivity contribution in [3.63, 3.8) is 0 Å². The van der Waals surface area contributed by atoms with Crippen LogP contribution in [-0.2, 0) is 0 Å². The standard InChI is InChI=1S/C11H11FN/c12-11-4-3-8(6-13-11)10-5-9(10)7-1-2-7/h3-4,6-7,10H,1-2,5H2. The van der Waals surface area contributed by atoms with Gasteiger partial charge in [0.15, 0.2) is 0 Å². The maximum Gasteiger partial charge on any atom is 0.212 e. The predicted molar refractivity (Wildman–Crippen MR) is 47.5 cm³/mol. The van der Waals surface area contributed by atoms with Crippen LogP contribution in [0.4, 0.5) is 4.39 Å². The summed E-state index contributed by atoms with van der Waals surface area (Å²) in [6.07, 6.45) is 5.65. The van der Waals surface area contributed by atoms with Gasteiger partial charge in [0.05, 0.1) is 0 Å². The molecular formula is C11H11FN. The molecule has 0 N–H and O–H groups in total. The highest BCUT2D eigenvalue weighted by Gasteiger charge is 2.48. The zero-order valence-corrected chi connectivity index (χ0v) is 7.33. The highest BCUT2D eigenvalue weighted by molar-refractivity contribution is 5.37. The van der Waals surface area contributed by atoms with Crippen LogP contribution in [0.15, 0.2) is 18.3 Å². The van der Waals surface area contributed by atoms with E-state index in [1.54, 1.807) is 12.1 Å². The molecule has 3 rings (SSSR count). The first-order chi connectivity index (χ1) is 6.34. The summed E-state index contributed by atoms with van der Waals surface area (Å²) in [5, 5.41) is 0. The molecule has 1 heterocycles. The summed E-state index contributed by atoms with van der Waals surface area (Å²) < 4.78 is 12.5. The SMILES string of the molecule is Fc1ccc(C2C[C]2C2CC2)cn1. The molecule has 0 aliphatic heterocycles. The van der Waals surface area contributed by atoms with Crippen LogP contribution >= 0.6 is 0 Å². The number of halogens is 1. The largest absolute Gasteiger partial charge is 0.228 e. The molecule has 1 aromatic heterocycles. The topological polar surface area (TPSA) is 12.9 Å². The third kappa shape index (κ3) is 1.34. The second-order valence-electron chi connectivity index (χ2n) is 4.02. The summed E-state index contributed by atoms with van der Waals surface area (Å²) in [6.45, 7) is 0. The van der Waals surface area contributed by atoms with Crippen molar-refractivity contribution >= 4 is 0 Å². The quantitative estimate of drug-likeness (QED) is 0.631. The van der Waals surface area contributed by atoms with Crippen molar-refractivity contribution in [3.05, 3.63) is 35.8 Å². The number of hydrogen-bond donors (Lipinski definition) is 0. The zero-order valence-electron chi connectivity index (χ0n) is 7.33. The molecule has 1 aromatic rings. The van der Waals surface area contributed by atoms with Crippen LogP contribution in [-0.4, -0.2) is 4.98 Å². The van der Waals surface area contributed by atoms with E-state index in [0.29, 0.717) is 5.92 Å². The molecule has 2 aliphatic carbocycles. The molecule has 1 unspecified atom stereocenters. The van der Waals surface area contributed by atoms with Crippen LogP contribution in [0.5, 0.6) is 0 Å². The van der Waals surface area contributed by atoms with E-state index in [1.165, 1.54) is 30.9 Å². The second kappa shape index (κ2) is 2.53. The van der Waals surface area contributed by atoms with Gasteiger partial charge in [0.25, 0.3) is 0 Å². The lowest BCUT2D eigenvalue weighted by molar-refractivity contribution is 0.582. The molecular weight excluding hydrogens is 165 g/mol. The molecule has 0 spiro atoms. The smallest absolute Gasteiger partial charge is 0.212 e. The second-order valence-corrected chi connectivity index (χ2v) is 4.02. The maximum atomic E-state index is 12.5. The van der Waals surface area contributed by atoms with Crippen LogP contribution in [0.25, 0.3) is 0 Å². The van der Waals surface area contributed by atoms with E-state index in [-0.39, 0.29) is 5.95 Å². The molecule has 0 bridgehead atoms. The third-order valence-electron chi connectivity index (χ3n) is 2.98. The molecule has 0 saturated heterocycles. The molecule has 1 radical (unpaired) electrons. The Bertz CT molecular complexity index is 315. The van der Waals surface area contributed by atoms with Gasteiger partial charge in [0.1, 0.15) is 0 Å². The lowest BCUT2D eigenvalue weighted by atomic mass is 10.1. The molecule has 67 valence electrons. The van der Waals surface area contributed by atoms with E-state index < -0.39 is 0 Å². The molecule has 2 saturated carbocycles. The molecule has 0 amide bonds. The lowest BCUT2D eigenvalue weighted by Crippen LogP contribution is -1.87. The van der Waals surface area contributed by atoms with Gasteiger partial charge in [-0.3, -0.25) is 0 Å². The van der Waals surface area contributed by atoms with Gasteiger partial charge >= 0.3 is 0 Å². The summed E-state index contributed by atoms with van der Waals surface area (Å²) in [5.74, 6) is 2.81. The van der Waals surface area contributed by atoms with Crippen LogP contribution in [0.3, 0.4) is 0 Å². The van der Waals surface area contributed by atoms with Crippen LogP contribution in [0, 0.1) is 17.8 Å². The van der Waals surface area contributed by atoms with E-state index in [2.05, 4.69) is 4.98 Å². The minimum Gasteiger partial charge on any atom is -0.228 e. The highest BCUT2D eigenvalue weighted by Crippen LogP contribution is 2.60. The molecule has 2 heteroatoms. The Labute approximate surface area is 77.0 Å². The highest BCUT2D eigenvalue weighted by atomic mass is 19.1. The van der Waals surface area contributed by atoms with Gasteiger partial charge in [0, 0.05) is 6.20 Å². The molecule has 2 aliphatic rings. The summed E-state index contributed by atoms with van der Waals surface area (Å²) in [5.41, 5.74) is 1.20. The predicted octanol–water partition coefficient (Wildman–Crippen LogP) is 2.69. The van der Waals surface area contributed by atoms with Gasteiger partial charge in [0.2, 0.25) is 5.95 Å². The van der Waals surface area contributed by atoms with Crippen LogP contribution < -0.4 is 0 Å². The fourth-order valence-corrected chi connectivity index (χ4v) is 2.01. The zero-order chi connectivity index (χ0) is 8.84. The van der Waals surface area contributed by atoms with E-state index in [9.17, 15) is 4.39 Å². The fraction of sp³-hybridized carbons (Fsp3) is 0.455. The summed E-state index contributed by atoms with van der Waals surface area (Å²) >= 11 is 0. The molecule has 13 heavy (non-hydrogen) atoms. The summed E-state index contributed by atoms with van der Waals surface area (Å²) in [4.78, 5) is 3.67. The van der Waals surface area contributed by atoms with Crippen molar-refractivity contribution in [1.29, 1.82) is 0 Å². The van der Waals surface area contributed by atoms with Crippen molar-refractivity contribution in [3.8, 4) is 0 Å². The summed E-state index contributed by atoms with van der Waals surface area (Å²) in [6, 6.07) is 3.32. The van der Waals surface area contributed by atoms with Crippen LogP contribution in [0.1, 0.15) is 30.7 Å². The summed E-state index contributed by atoms with van der Waals surface area (Å²) in [7, 11) is 0. The molecule has 2 fully saturated rings. The molecule has 1 atom stereocenters. The van der Waals surface area contributed by atoms with E-state index in [4.69, 9.17) is 0 Å². The maximum absolute atomic E-state index is 12.5. The van der Waals surface area contributed by atoms with E-state index in [1.807, 2.05) is 6.07 Å². The van der Waals surface area contributed by atoms with Crippen molar-refractivity contribution in [1.82, 2.24) is 4.98 Å². The number of rotatable bonds is 2. The Balaban J connectivity index is 1.75. The van der Waals surface area contributed by atoms with Crippen molar-refractivity contribution in [2.75, 3.05) is 0 Å². The minimum atomic E-state index is -0.377. The van der Waals surface area contributed by atoms with Gasteiger partial charge in [-0.05, 0) is 48.6 Å². The Morgan fingerprint density at radius 3 is 2.77 bits per heavy atom. The van der Waals surface area contributed by atoms with Crippen molar-refractivity contribution in [2.24, 2.45) is 5.92 Å². The minimum absolute atomic E-state index is 0.377. The number of nitrogens with zero attached hydrogens (tertiary/aromatic N) is 1. The fourth-order valence-electron chi connectivity index (χ4n) is 2.01. The number of aromatic nitrogens is 1. The first kappa shape index (κ1) is 7.48. The van der Waals surface area contributed by atoms with Crippen molar-refractivity contribution in [2.45, 2.75) is 25.2 Å². The van der Waals surface area contributed by atoms with Gasteiger partial charge < -0.3 is 0 Å². The average molecular weight is 176 g/mol. The first-order valence-electron chi connectivity index (χ1n) is 4.81. The Hall–Kier alpha value is -0.920. The van der Waals surface area contributed by atoms with Gasteiger partial charge in [-0.15, -0.1) is 0 Å². The van der Waals surface area contributed by atoms with Crippen LogP contribution in [0.2, 0.25) is 0 Å². The third-order valence-corrected chi connectivity index (χ3v) is 2.98. The van der Waals surface area contributed by atoms with E-state index >= 15 is 0 Å².